The van der Waals surface area contributed by atoms with Gasteiger partial charge >= 0.3 is 5.97 Å². The first-order valence-electron chi connectivity index (χ1n) is 6.28. The Labute approximate surface area is 117 Å². The number of aromatic nitrogens is 1. The van der Waals surface area contributed by atoms with E-state index in [0.717, 1.165) is 15.3 Å². The van der Waals surface area contributed by atoms with E-state index in [1.807, 2.05) is 57.0 Å². The van der Waals surface area contributed by atoms with E-state index in [9.17, 15) is 4.79 Å². The number of hydrogen-bond acceptors (Lipinski definition) is 5. The number of thiazole rings is 1. The van der Waals surface area contributed by atoms with Gasteiger partial charge in [-0.05, 0) is 32.9 Å². The molecule has 19 heavy (non-hydrogen) atoms. The lowest BCUT2D eigenvalue weighted by molar-refractivity contribution is -0.148. The highest BCUT2D eigenvalue weighted by Crippen LogP contribution is 2.28. The molecule has 0 spiro atoms. The summed E-state index contributed by atoms with van der Waals surface area (Å²) in [6.07, 6.45) is -0.0984. The highest BCUT2D eigenvalue weighted by molar-refractivity contribution is 7.22. The van der Waals surface area contributed by atoms with Crippen molar-refractivity contribution in [2.24, 2.45) is 0 Å². The van der Waals surface area contributed by atoms with Gasteiger partial charge < -0.3 is 9.64 Å². The van der Waals surface area contributed by atoms with Crippen molar-refractivity contribution in [3.63, 3.8) is 0 Å². The number of benzene rings is 1. The lowest BCUT2D eigenvalue weighted by Gasteiger charge is -2.23. The minimum absolute atomic E-state index is 0.0984. The van der Waals surface area contributed by atoms with E-state index in [-0.39, 0.29) is 18.1 Å². The zero-order chi connectivity index (χ0) is 14.0. The fourth-order valence-corrected chi connectivity index (χ4v) is 2.67. The third-order valence-corrected chi connectivity index (χ3v) is 3.99. The first kappa shape index (κ1) is 13.8. The largest absolute Gasteiger partial charge is 0.461 e. The van der Waals surface area contributed by atoms with Crippen LogP contribution in [-0.4, -0.2) is 30.1 Å². The van der Waals surface area contributed by atoms with E-state index < -0.39 is 0 Å². The van der Waals surface area contributed by atoms with Gasteiger partial charge in [-0.15, -0.1) is 0 Å². The molecule has 1 atom stereocenters. The van der Waals surface area contributed by atoms with E-state index in [4.69, 9.17) is 4.74 Å². The molecule has 0 aliphatic carbocycles. The van der Waals surface area contributed by atoms with Crippen LogP contribution in [0.1, 0.15) is 20.8 Å². The molecule has 4 nitrogen and oxygen atoms in total. The molecule has 2 aromatic rings. The first-order chi connectivity index (χ1) is 8.99. The number of nitrogens with zero attached hydrogens (tertiary/aromatic N) is 2. The molecule has 2 rings (SSSR count). The normalized spacial score (nSPS) is 12.7. The second kappa shape index (κ2) is 5.57. The van der Waals surface area contributed by atoms with Crippen molar-refractivity contribution in [2.45, 2.75) is 32.9 Å². The molecule has 1 heterocycles. The molecule has 0 fully saturated rings. The van der Waals surface area contributed by atoms with Crippen LogP contribution in [0.5, 0.6) is 0 Å². The average Bonchev–Trinajstić information content (AvgIpc) is 2.79. The summed E-state index contributed by atoms with van der Waals surface area (Å²) < 4.78 is 6.34. The average molecular weight is 278 g/mol. The van der Waals surface area contributed by atoms with Crippen molar-refractivity contribution in [2.75, 3.05) is 11.9 Å². The summed E-state index contributed by atoms with van der Waals surface area (Å²) in [5.41, 5.74) is 0.957. The summed E-state index contributed by atoms with van der Waals surface area (Å²) in [5, 5.41) is 0.828. The highest BCUT2D eigenvalue weighted by atomic mass is 32.1. The molecule has 0 saturated heterocycles. The number of hydrogen-bond donors (Lipinski definition) is 0. The number of rotatable bonds is 4. The van der Waals surface area contributed by atoms with Gasteiger partial charge in [-0.2, -0.15) is 0 Å². The van der Waals surface area contributed by atoms with Crippen molar-refractivity contribution in [1.82, 2.24) is 4.98 Å². The molecule has 0 N–H and O–H groups in total. The predicted molar refractivity (Wildman–Crippen MR) is 78.7 cm³/mol. The summed E-state index contributed by atoms with van der Waals surface area (Å²) in [5.74, 6) is -0.225. The molecule has 1 aromatic carbocycles. The van der Waals surface area contributed by atoms with Crippen LogP contribution >= 0.6 is 11.3 Å². The summed E-state index contributed by atoms with van der Waals surface area (Å²) in [7, 11) is 1.87. The topological polar surface area (TPSA) is 42.4 Å². The Morgan fingerprint density at radius 2 is 2.00 bits per heavy atom. The second-order valence-electron chi connectivity index (χ2n) is 4.74. The highest BCUT2D eigenvalue weighted by Gasteiger charge is 2.23. The number of esters is 1. The molecule has 1 unspecified atom stereocenters. The van der Waals surface area contributed by atoms with Crippen LogP contribution in [0.25, 0.3) is 10.2 Å². The number of carbonyl (C=O) groups excluding carboxylic acids is 1. The summed E-state index contributed by atoms with van der Waals surface area (Å²) >= 11 is 1.58. The Morgan fingerprint density at radius 1 is 1.32 bits per heavy atom. The summed E-state index contributed by atoms with van der Waals surface area (Å²) in [6, 6.07) is 7.60. The van der Waals surface area contributed by atoms with Gasteiger partial charge in [-0.1, -0.05) is 23.5 Å². The maximum Gasteiger partial charge on any atom is 0.328 e. The van der Waals surface area contributed by atoms with Crippen molar-refractivity contribution in [3.8, 4) is 0 Å². The quantitative estimate of drug-likeness (QED) is 0.806. The maximum absolute atomic E-state index is 11.9. The van der Waals surface area contributed by atoms with E-state index in [1.54, 1.807) is 11.3 Å². The monoisotopic (exact) mass is 278 g/mol. The van der Waals surface area contributed by atoms with Gasteiger partial charge in [0.1, 0.15) is 6.04 Å². The van der Waals surface area contributed by atoms with Crippen molar-refractivity contribution in [1.29, 1.82) is 0 Å². The molecule has 0 radical (unpaired) electrons. The van der Waals surface area contributed by atoms with Gasteiger partial charge in [-0.25, -0.2) is 9.78 Å². The van der Waals surface area contributed by atoms with E-state index >= 15 is 0 Å². The standard InChI is InChI=1S/C14H18N2O2S/c1-9(2)18-13(17)10(3)16(4)14-15-11-7-5-6-8-12(11)19-14/h5-10H,1-4H3. The zero-order valence-corrected chi connectivity index (χ0v) is 12.4. The Kier molecular flexibility index (Phi) is 4.04. The van der Waals surface area contributed by atoms with Gasteiger partial charge in [0.05, 0.1) is 16.3 Å². The van der Waals surface area contributed by atoms with Crippen LogP contribution in [0.3, 0.4) is 0 Å². The fraction of sp³-hybridized carbons (Fsp3) is 0.429. The Morgan fingerprint density at radius 3 is 2.63 bits per heavy atom. The van der Waals surface area contributed by atoms with Crippen LogP contribution in [0.15, 0.2) is 24.3 Å². The third kappa shape index (κ3) is 3.04. The SMILES string of the molecule is CC(C)OC(=O)C(C)N(C)c1nc2ccccc2s1. The van der Waals surface area contributed by atoms with Gasteiger partial charge in [0, 0.05) is 7.05 Å². The minimum Gasteiger partial charge on any atom is -0.461 e. The molecular formula is C14H18N2O2S. The van der Waals surface area contributed by atoms with Crippen LogP contribution in [0.2, 0.25) is 0 Å². The van der Waals surface area contributed by atoms with Crippen molar-refractivity contribution in [3.05, 3.63) is 24.3 Å². The smallest absolute Gasteiger partial charge is 0.328 e. The molecule has 1 aromatic heterocycles. The van der Waals surface area contributed by atoms with Crippen LogP contribution in [-0.2, 0) is 9.53 Å². The number of carbonyl (C=O) groups is 1. The third-order valence-electron chi connectivity index (χ3n) is 2.86. The second-order valence-corrected chi connectivity index (χ2v) is 5.75. The Balaban J connectivity index is 2.18. The number of para-hydroxylation sites is 1. The lowest BCUT2D eigenvalue weighted by Crippen LogP contribution is -2.38. The first-order valence-corrected chi connectivity index (χ1v) is 7.09. The number of ether oxygens (including phenoxy) is 1. The Bertz CT molecular complexity index is 547. The van der Waals surface area contributed by atoms with Gasteiger partial charge in [0.2, 0.25) is 0 Å². The van der Waals surface area contributed by atoms with Crippen LogP contribution in [0.4, 0.5) is 5.13 Å². The van der Waals surface area contributed by atoms with E-state index in [2.05, 4.69) is 4.98 Å². The summed E-state index contributed by atoms with van der Waals surface area (Å²) in [4.78, 5) is 18.3. The summed E-state index contributed by atoms with van der Waals surface area (Å²) in [6.45, 7) is 5.53. The van der Waals surface area contributed by atoms with Crippen molar-refractivity contribution < 1.29 is 9.53 Å². The number of fused-ring (bicyclic) bond motifs is 1. The molecule has 0 amide bonds. The molecule has 0 bridgehead atoms. The molecule has 102 valence electrons. The molecule has 5 heteroatoms. The Hall–Kier alpha value is -1.62. The molecular weight excluding hydrogens is 260 g/mol. The molecule has 0 saturated carbocycles. The number of likely N-dealkylation sites (N-methyl/N-ethyl adjacent to an activating group) is 1. The van der Waals surface area contributed by atoms with Crippen LogP contribution in [0, 0.1) is 0 Å². The zero-order valence-electron chi connectivity index (χ0n) is 11.6. The lowest BCUT2D eigenvalue weighted by atomic mass is 10.3. The van der Waals surface area contributed by atoms with E-state index in [0.29, 0.717) is 0 Å². The molecule has 0 aliphatic rings. The minimum atomic E-state index is -0.344. The van der Waals surface area contributed by atoms with Crippen LogP contribution < -0.4 is 4.90 Å². The van der Waals surface area contributed by atoms with Gasteiger partial charge in [-0.3, -0.25) is 0 Å². The predicted octanol–water partition coefficient (Wildman–Crippen LogP) is 3.07. The van der Waals surface area contributed by atoms with Gasteiger partial charge in [0.15, 0.2) is 5.13 Å². The van der Waals surface area contributed by atoms with E-state index in [1.165, 1.54) is 0 Å². The van der Waals surface area contributed by atoms with Gasteiger partial charge in [0.25, 0.3) is 0 Å². The fourth-order valence-electron chi connectivity index (χ4n) is 1.67. The number of anilines is 1. The maximum atomic E-state index is 11.9. The van der Waals surface area contributed by atoms with Crippen molar-refractivity contribution >= 4 is 32.7 Å². The molecule has 0 aliphatic heterocycles.